The van der Waals surface area contributed by atoms with E-state index in [0.717, 1.165) is 26.1 Å². The third-order valence-electron chi connectivity index (χ3n) is 5.76. The molecule has 0 saturated carbocycles. The second-order valence-electron chi connectivity index (χ2n) is 6.87. The number of carbonyl (C=O) groups is 1. The first-order valence-electron chi connectivity index (χ1n) is 8.43. The summed E-state index contributed by atoms with van der Waals surface area (Å²) in [6.45, 7) is 4.50. The van der Waals surface area contributed by atoms with Crippen LogP contribution in [0.1, 0.15) is 57.8 Å². The standard InChI is InChI=1S/C16H28N2O2/c19-15(20)13-16(18-10-4-1-2-5-11-18)8-12-17-9-6-3-7-14(16)17/h14H,1-13H2,(H,19,20). The molecule has 4 heteroatoms. The van der Waals surface area contributed by atoms with Gasteiger partial charge in [-0.2, -0.15) is 0 Å². The lowest BCUT2D eigenvalue weighted by molar-refractivity contribution is -0.141. The Morgan fingerprint density at radius 1 is 1.00 bits per heavy atom. The van der Waals surface area contributed by atoms with Crippen LogP contribution < -0.4 is 0 Å². The summed E-state index contributed by atoms with van der Waals surface area (Å²) in [5.41, 5.74) is -0.0728. The molecule has 0 aromatic rings. The zero-order chi connectivity index (χ0) is 14.0. The zero-order valence-electron chi connectivity index (χ0n) is 12.5. The SMILES string of the molecule is O=C(O)CC1(N2CCCCCC2)CCN2CCCCC21. The predicted octanol–water partition coefficient (Wildman–Crippen LogP) is 2.33. The van der Waals surface area contributed by atoms with Crippen molar-refractivity contribution in [3.63, 3.8) is 0 Å². The van der Waals surface area contributed by atoms with Crippen molar-refractivity contribution < 1.29 is 9.90 Å². The molecule has 4 nitrogen and oxygen atoms in total. The summed E-state index contributed by atoms with van der Waals surface area (Å²) in [7, 11) is 0. The van der Waals surface area contributed by atoms with E-state index in [-0.39, 0.29) is 5.54 Å². The molecule has 0 aromatic heterocycles. The number of nitrogens with zero attached hydrogens (tertiary/aromatic N) is 2. The molecule has 0 radical (unpaired) electrons. The van der Waals surface area contributed by atoms with Crippen LogP contribution in [-0.2, 0) is 4.79 Å². The second kappa shape index (κ2) is 6.02. The molecule has 3 rings (SSSR count). The summed E-state index contributed by atoms with van der Waals surface area (Å²) in [4.78, 5) is 16.7. The van der Waals surface area contributed by atoms with Crippen LogP contribution in [0.4, 0.5) is 0 Å². The first-order chi connectivity index (χ1) is 9.72. The van der Waals surface area contributed by atoms with Gasteiger partial charge in [-0.1, -0.05) is 19.3 Å². The highest BCUT2D eigenvalue weighted by atomic mass is 16.4. The highest BCUT2D eigenvalue weighted by molar-refractivity contribution is 5.68. The molecule has 3 aliphatic rings. The lowest BCUT2D eigenvalue weighted by Gasteiger charge is -2.47. The van der Waals surface area contributed by atoms with Crippen molar-refractivity contribution in [1.29, 1.82) is 0 Å². The van der Waals surface area contributed by atoms with Crippen LogP contribution in [0.15, 0.2) is 0 Å². The van der Waals surface area contributed by atoms with E-state index in [1.54, 1.807) is 0 Å². The maximum atomic E-state index is 11.5. The summed E-state index contributed by atoms with van der Waals surface area (Å²) < 4.78 is 0. The lowest BCUT2D eigenvalue weighted by atomic mass is 9.80. The number of carboxylic acid groups (broad SMARTS) is 1. The monoisotopic (exact) mass is 280 g/mol. The Bertz CT molecular complexity index is 352. The lowest BCUT2D eigenvalue weighted by Crippen LogP contribution is -2.59. The molecule has 3 saturated heterocycles. The number of hydrogen-bond donors (Lipinski definition) is 1. The summed E-state index contributed by atoms with van der Waals surface area (Å²) in [6.07, 6.45) is 10.3. The fourth-order valence-electron chi connectivity index (χ4n) is 4.84. The Balaban J connectivity index is 1.85. The fourth-order valence-corrected chi connectivity index (χ4v) is 4.84. The van der Waals surface area contributed by atoms with Gasteiger partial charge in [0.25, 0.3) is 0 Å². The molecule has 1 N–H and O–H groups in total. The molecule has 20 heavy (non-hydrogen) atoms. The molecule has 3 fully saturated rings. The van der Waals surface area contributed by atoms with Gasteiger partial charge in [0, 0.05) is 18.1 Å². The van der Waals surface area contributed by atoms with E-state index in [1.807, 2.05) is 0 Å². The number of aliphatic carboxylic acids is 1. The van der Waals surface area contributed by atoms with Gasteiger partial charge in [-0.05, 0) is 51.7 Å². The van der Waals surface area contributed by atoms with Crippen LogP contribution in [0.5, 0.6) is 0 Å². The third kappa shape index (κ3) is 2.60. The highest BCUT2D eigenvalue weighted by Crippen LogP contribution is 2.42. The molecule has 0 amide bonds. The summed E-state index contributed by atoms with van der Waals surface area (Å²) in [5.74, 6) is -0.610. The van der Waals surface area contributed by atoms with E-state index >= 15 is 0 Å². The molecular weight excluding hydrogens is 252 g/mol. The van der Waals surface area contributed by atoms with Crippen molar-refractivity contribution in [2.24, 2.45) is 0 Å². The van der Waals surface area contributed by atoms with Crippen LogP contribution in [0, 0.1) is 0 Å². The van der Waals surface area contributed by atoms with Crippen LogP contribution in [-0.4, -0.2) is 58.6 Å². The van der Waals surface area contributed by atoms with Gasteiger partial charge in [0.2, 0.25) is 0 Å². The predicted molar refractivity (Wildman–Crippen MR) is 78.9 cm³/mol. The molecule has 0 aromatic carbocycles. The fraction of sp³-hybridized carbons (Fsp3) is 0.938. The minimum absolute atomic E-state index is 0.0728. The average Bonchev–Trinajstić information content (AvgIpc) is 2.65. The van der Waals surface area contributed by atoms with E-state index in [2.05, 4.69) is 9.80 Å². The molecular formula is C16H28N2O2. The quantitative estimate of drug-likeness (QED) is 0.862. The number of likely N-dealkylation sites (tertiary alicyclic amines) is 1. The van der Waals surface area contributed by atoms with Gasteiger partial charge in [0.15, 0.2) is 0 Å². The van der Waals surface area contributed by atoms with Gasteiger partial charge >= 0.3 is 5.97 Å². The Morgan fingerprint density at radius 2 is 1.70 bits per heavy atom. The number of hydrogen-bond acceptors (Lipinski definition) is 3. The van der Waals surface area contributed by atoms with Crippen molar-refractivity contribution in [1.82, 2.24) is 9.80 Å². The summed E-state index contributed by atoms with van der Waals surface area (Å²) >= 11 is 0. The highest BCUT2D eigenvalue weighted by Gasteiger charge is 2.52. The van der Waals surface area contributed by atoms with Crippen LogP contribution >= 0.6 is 0 Å². The Morgan fingerprint density at radius 3 is 2.40 bits per heavy atom. The largest absolute Gasteiger partial charge is 0.481 e. The minimum Gasteiger partial charge on any atom is -0.481 e. The Hall–Kier alpha value is -0.610. The van der Waals surface area contributed by atoms with Crippen LogP contribution in [0.2, 0.25) is 0 Å². The number of fused-ring (bicyclic) bond motifs is 1. The topological polar surface area (TPSA) is 43.8 Å². The number of rotatable bonds is 3. The number of piperidine rings is 1. The van der Waals surface area contributed by atoms with Crippen LogP contribution in [0.3, 0.4) is 0 Å². The first-order valence-corrected chi connectivity index (χ1v) is 8.43. The summed E-state index contributed by atoms with van der Waals surface area (Å²) in [6, 6.07) is 0.491. The van der Waals surface area contributed by atoms with Gasteiger partial charge in [-0.25, -0.2) is 0 Å². The van der Waals surface area contributed by atoms with Crippen molar-refractivity contribution >= 4 is 5.97 Å². The van der Waals surface area contributed by atoms with E-state index in [1.165, 1.54) is 51.5 Å². The van der Waals surface area contributed by atoms with Gasteiger partial charge in [-0.3, -0.25) is 14.6 Å². The van der Waals surface area contributed by atoms with Crippen molar-refractivity contribution in [2.75, 3.05) is 26.2 Å². The third-order valence-corrected chi connectivity index (χ3v) is 5.76. The van der Waals surface area contributed by atoms with Gasteiger partial charge in [0.05, 0.1) is 6.42 Å². The van der Waals surface area contributed by atoms with Crippen LogP contribution in [0.25, 0.3) is 0 Å². The molecule has 0 bridgehead atoms. The average molecular weight is 280 g/mol. The molecule has 2 unspecified atom stereocenters. The first kappa shape index (κ1) is 14.3. The molecule has 2 atom stereocenters. The minimum atomic E-state index is -0.610. The second-order valence-corrected chi connectivity index (χ2v) is 6.87. The Kier molecular flexibility index (Phi) is 4.32. The molecule has 3 aliphatic heterocycles. The maximum Gasteiger partial charge on any atom is 0.305 e. The number of carboxylic acids is 1. The smallest absolute Gasteiger partial charge is 0.305 e. The van der Waals surface area contributed by atoms with Crippen molar-refractivity contribution in [3.05, 3.63) is 0 Å². The van der Waals surface area contributed by atoms with Crippen molar-refractivity contribution in [2.45, 2.75) is 69.4 Å². The molecule has 0 aliphatic carbocycles. The van der Waals surface area contributed by atoms with E-state index in [0.29, 0.717) is 12.5 Å². The summed E-state index contributed by atoms with van der Waals surface area (Å²) in [5, 5.41) is 9.49. The van der Waals surface area contributed by atoms with E-state index in [4.69, 9.17) is 0 Å². The van der Waals surface area contributed by atoms with Crippen molar-refractivity contribution in [3.8, 4) is 0 Å². The molecule has 3 heterocycles. The maximum absolute atomic E-state index is 11.5. The van der Waals surface area contributed by atoms with E-state index < -0.39 is 5.97 Å². The van der Waals surface area contributed by atoms with Gasteiger partial charge in [0.1, 0.15) is 0 Å². The van der Waals surface area contributed by atoms with Gasteiger partial charge < -0.3 is 5.11 Å². The zero-order valence-corrected chi connectivity index (χ0v) is 12.5. The normalized spacial score (nSPS) is 36.5. The Labute approximate surface area is 122 Å². The van der Waals surface area contributed by atoms with E-state index in [9.17, 15) is 9.90 Å². The molecule has 114 valence electrons. The molecule has 0 spiro atoms. The van der Waals surface area contributed by atoms with Gasteiger partial charge in [-0.15, -0.1) is 0 Å².